The Morgan fingerprint density at radius 1 is 0.958 bits per heavy atom. The van der Waals surface area contributed by atoms with Crippen LogP contribution in [0.15, 0.2) is 71.6 Å². The minimum absolute atomic E-state index is 0.272. The van der Waals surface area contributed by atoms with Crippen molar-refractivity contribution in [3.8, 4) is 0 Å². The van der Waals surface area contributed by atoms with Gasteiger partial charge in [-0.25, -0.2) is 13.1 Å². The Hall–Kier alpha value is -1.88. The molecule has 1 N–H and O–H groups in total. The smallest absolute Gasteiger partial charge is 0.207 e. The van der Waals surface area contributed by atoms with Gasteiger partial charge in [0.2, 0.25) is 10.0 Å². The molecule has 0 radical (unpaired) electrons. The fourth-order valence-electron chi connectivity index (χ4n) is 2.67. The molecule has 24 heavy (non-hydrogen) atoms. The predicted octanol–water partition coefficient (Wildman–Crippen LogP) is 4.92. The van der Waals surface area contributed by atoms with Gasteiger partial charge in [0.15, 0.2) is 0 Å². The molecule has 0 spiro atoms. The maximum absolute atomic E-state index is 12.7. The third-order valence-electron chi connectivity index (χ3n) is 4.01. The Balaban J connectivity index is 1.91. The van der Waals surface area contributed by atoms with Gasteiger partial charge in [0.25, 0.3) is 0 Å². The first kappa shape index (κ1) is 17.0. The Labute approximate surface area is 147 Å². The Bertz CT molecular complexity index is 953. The summed E-state index contributed by atoms with van der Waals surface area (Å²) in [6.45, 7) is 1.95. The number of rotatable bonds is 5. The maximum Gasteiger partial charge on any atom is 0.241 e. The average Bonchev–Trinajstić information content (AvgIpc) is 2.60. The topological polar surface area (TPSA) is 46.2 Å². The first-order valence-electron chi connectivity index (χ1n) is 7.76. The lowest BCUT2D eigenvalue weighted by Crippen LogP contribution is -2.28. The first-order valence-corrected chi connectivity index (χ1v) is 9.62. The van der Waals surface area contributed by atoms with Crippen LogP contribution in [0.2, 0.25) is 5.02 Å². The fraction of sp³-hybridized carbons (Fsp3) is 0.158. The highest BCUT2D eigenvalue weighted by Gasteiger charge is 2.20. The van der Waals surface area contributed by atoms with Gasteiger partial charge in [-0.3, -0.25) is 0 Å². The van der Waals surface area contributed by atoms with E-state index in [9.17, 15) is 8.42 Å². The average molecular weight is 360 g/mol. The third kappa shape index (κ3) is 3.61. The number of halogens is 1. The van der Waals surface area contributed by atoms with E-state index in [2.05, 4.69) is 4.72 Å². The lowest BCUT2D eigenvalue weighted by molar-refractivity contribution is 0.550. The molecule has 0 aliphatic carbocycles. The van der Waals surface area contributed by atoms with Crippen LogP contribution < -0.4 is 4.72 Å². The van der Waals surface area contributed by atoms with Gasteiger partial charge in [-0.15, -0.1) is 0 Å². The summed E-state index contributed by atoms with van der Waals surface area (Å²) in [5.41, 5.74) is 0.895. The lowest BCUT2D eigenvalue weighted by atomic mass is 10.1. The van der Waals surface area contributed by atoms with Crippen molar-refractivity contribution >= 4 is 32.4 Å². The van der Waals surface area contributed by atoms with Crippen molar-refractivity contribution < 1.29 is 8.42 Å². The van der Waals surface area contributed by atoms with Crippen LogP contribution in [0.5, 0.6) is 0 Å². The fourth-order valence-corrected chi connectivity index (χ4v) is 4.14. The molecule has 0 unspecified atom stereocenters. The minimum atomic E-state index is -3.60. The van der Waals surface area contributed by atoms with Crippen LogP contribution in [0.4, 0.5) is 0 Å². The van der Waals surface area contributed by atoms with Crippen LogP contribution in [0.3, 0.4) is 0 Å². The summed E-state index contributed by atoms with van der Waals surface area (Å²) in [6.07, 6.45) is 0.647. The molecule has 0 aliphatic heterocycles. The highest BCUT2D eigenvalue weighted by atomic mass is 35.5. The van der Waals surface area contributed by atoms with Crippen LogP contribution in [-0.2, 0) is 10.0 Å². The van der Waals surface area contributed by atoms with Crippen molar-refractivity contribution in [2.45, 2.75) is 24.3 Å². The highest BCUT2D eigenvalue weighted by molar-refractivity contribution is 7.89. The van der Waals surface area contributed by atoms with E-state index < -0.39 is 10.0 Å². The predicted molar refractivity (Wildman–Crippen MR) is 98.8 cm³/mol. The van der Waals surface area contributed by atoms with E-state index >= 15 is 0 Å². The normalized spacial score (nSPS) is 13.1. The molecule has 0 aliphatic rings. The zero-order chi connectivity index (χ0) is 17.2. The van der Waals surface area contributed by atoms with E-state index in [0.717, 1.165) is 16.3 Å². The van der Waals surface area contributed by atoms with Crippen molar-refractivity contribution in [1.29, 1.82) is 0 Å². The van der Waals surface area contributed by atoms with Gasteiger partial charge >= 0.3 is 0 Å². The van der Waals surface area contributed by atoms with Crippen molar-refractivity contribution in [3.05, 3.63) is 77.3 Å². The second-order valence-electron chi connectivity index (χ2n) is 5.64. The summed E-state index contributed by atoms with van der Waals surface area (Å²) in [5.74, 6) is 0. The molecule has 3 aromatic carbocycles. The number of hydrogen-bond acceptors (Lipinski definition) is 2. The zero-order valence-corrected chi connectivity index (χ0v) is 14.8. The maximum atomic E-state index is 12.7. The van der Waals surface area contributed by atoms with Gasteiger partial charge in [0, 0.05) is 11.1 Å². The number of nitrogens with one attached hydrogen (secondary N) is 1. The number of hydrogen-bond donors (Lipinski definition) is 1. The van der Waals surface area contributed by atoms with E-state index in [1.807, 2.05) is 49.4 Å². The molecular weight excluding hydrogens is 342 g/mol. The Kier molecular flexibility index (Phi) is 4.90. The molecule has 0 saturated carbocycles. The number of benzene rings is 3. The SMILES string of the molecule is CC[C@H](NS(=O)(=O)c1ccc2ccccc2c1)c1ccc(Cl)cc1. The van der Waals surface area contributed by atoms with E-state index in [1.54, 1.807) is 24.3 Å². The van der Waals surface area contributed by atoms with Gasteiger partial charge in [-0.2, -0.15) is 0 Å². The van der Waals surface area contributed by atoms with E-state index in [0.29, 0.717) is 11.4 Å². The van der Waals surface area contributed by atoms with Gasteiger partial charge < -0.3 is 0 Å². The van der Waals surface area contributed by atoms with Gasteiger partial charge in [0.1, 0.15) is 0 Å². The summed E-state index contributed by atoms with van der Waals surface area (Å²) in [6, 6.07) is 19.8. The van der Waals surface area contributed by atoms with Gasteiger partial charge in [-0.05, 0) is 47.0 Å². The second-order valence-corrected chi connectivity index (χ2v) is 7.79. The molecule has 0 bridgehead atoms. The van der Waals surface area contributed by atoms with Crippen molar-refractivity contribution in [3.63, 3.8) is 0 Å². The minimum Gasteiger partial charge on any atom is -0.207 e. The first-order chi connectivity index (χ1) is 11.5. The van der Waals surface area contributed by atoms with Crippen LogP contribution in [0, 0.1) is 0 Å². The number of sulfonamides is 1. The van der Waals surface area contributed by atoms with Crippen LogP contribution in [0.1, 0.15) is 24.9 Å². The van der Waals surface area contributed by atoms with E-state index in [4.69, 9.17) is 11.6 Å². The standard InChI is InChI=1S/C19H18ClNO2S/c1-2-19(15-7-10-17(20)11-8-15)21-24(22,23)18-12-9-14-5-3-4-6-16(14)13-18/h3-13,19,21H,2H2,1H3/t19-/m0/s1. The summed E-state index contributed by atoms with van der Waals surface area (Å²) >= 11 is 5.91. The van der Waals surface area contributed by atoms with Crippen molar-refractivity contribution in [1.82, 2.24) is 4.72 Å². The highest BCUT2D eigenvalue weighted by Crippen LogP contribution is 2.24. The van der Waals surface area contributed by atoms with Crippen LogP contribution >= 0.6 is 11.6 Å². The third-order valence-corrected chi connectivity index (χ3v) is 5.73. The van der Waals surface area contributed by atoms with Crippen molar-refractivity contribution in [2.24, 2.45) is 0 Å². The Morgan fingerprint density at radius 3 is 2.29 bits per heavy atom. The largest absolute Gasteiger partial charge is 0.241 e. The molecule has 1 atom stereocenters. The second kappa shape index (κ2) is 6.93. The molecule has 0 amide bonds. The monoisotopic (exact) mass is 359 g/mol. The van der Waals surface area contributed by atoms with Crippen molar-refractivity contribution in [2.75, 3.05) is 0 Å². The molecule has 0 saturated heterocycles. The molecular formula is C19H18ClNO2S. The lowest BCUT2D eigenvalue weighted by Gasteiger charge is -2.18. The van der Waals surface area contributed by atoms with Gasteiger partial charge in [-0.1, -0.05) is 61.0 Å². The molecule has 3 aromatic rings. The molecule has 0 aromatic heterocycles. The quantitative estimate of drug-likeness (QED) is 0.702. The summed E-state index contributed by atoms with van der Waals surface area (Å²) in [5, 5.41) is 2.55. The number of fused-ring (bicyclic) bond motifs is 1. The molecule has 3 nitrogen and oxygen atoms in total. The summed E-state index contributed by atoms with van der Waals surface area (Å²) < 4.78 is 28.3. The zero-order valence-electron chi connectivity index (χ0n) is 13.2. The van der Waals surface area contributed by atoms with Gasteiger partial charge in [0.05, 0.1) is 4.90 Å². The molecule has 5 heteroatoms. The summed E-state index contributed by atoms with van der Waals surface area (Å²) in [7, 11) is -3.60. The molecule has 0 fully saturated rings. The summed E-state index contributed by atoms with van der Waals surface area (Å²) in [4.78, 5) is 0.272. The Morgan fingerprint density at radius 2 is 1.62 bits per heavy atom. The molecule has 3 rings (SSSR count). The molecule has 0 heterocycles. The van der Waals surface area contributed by atoms with Crippen LogP contribution in [0.25, 0.3) is 10.8 Å². The van der Waals surface area contributed by atoms with E-state index in [1.165, 1.54) is 0 Å². The molecule has 124 valence electrons. The van der Waals surface area contributed by atoms with E-state index in [-0.39, 0.29) is 10.9 Å². The van der Waals surface area contributed by atoms with Crippen LogP contribution in [-0.4, -0.2) is 8.42 Å².